The van der Waals surface area contributed by atoms with Gasteiger partial charge in [-0.1, -0.05) is 23.7 Å². The van der Waals surface area contributed by atoms with Gasteiger partial charge < -0.3 is 5.32 Å². The first-order chi connectivity index (χ1) is 9.13. The van der Waals surface area contributed by atoms with Crippen LogP contribution >= 0.6 is 11.6 Å². The molecule has 0 spiro atoms. The molecule has 1 aliphatic rings. The van der Waals surface area contributed by atoms with E-state index in [2.05, 4.69) is 5.32 Å². The lowest BCUT2D eigenvalue weighted by Crippen LogP contribution is -2.03. The van der Waals surface area contributed by atoms with Crippen LogP contribution in [0.5, 0.6) is 0 Å². The number of benzene rings is 2. The first kappa shape index (κ1) is 11.9. The molecule has 1 heterocycles. The molecule has 3 rings (SSSR count). The molecule has 0 aromatic heterocycles. The minimum Gasteiger partial charge on any atom is -0.321 e. The highest BCUT2D eigenvalue weighted by molar-refractivity contribution is 6.35. The molecule has 0 aliphatic carbocycles. The van der Waals surface area contributed by atoms with Gasteiger partial charge in [-0.05, 0) is 42.0 Å². The summed E-state index contributed by atoms with van der Waals surface area (Å²) in [5, 5.41) is 3.29. The Kier molecular flexibility index (Phi) is 2.84. The third kappa shape index (κ3) is 2.25. The van der Waals surface area contributed by atoms with Crippen LogP contribution in [-0.4, -0.2) is 5.91 Å². The number of carbonyl (C=O) groups is 1. The molecule has 0 bridgehead atoms. The van der Waals surface area contributed by atoms with Crippen molar-refractivity contribution in [2.45, 2.75) is 0 Å². The number of hydrogen-bond donors (Lipinski definition) is 1. The summed E-state index contributed by atoms with van der Waals surface area (Å²) in [7, 11) is 0. The monoisotopic (exact) mass is 273 g/mol. The van der Waals surface area contributed by atoms with Crippen LogP contribution in [0.4, 0.5) is 10.1 Å². The fraction of sp³-hybridized carbons (Fsp3) is 0. The largest absolute Gasteiger partial charge is 0.321 e. The Labute approximate surface area is 114 Å². The van der Waals surface area contributed by atoms with Crippen molar-refractivity contribution in [3.05, 3.63) is 64.4 Å². The van der Waals surface area contributed by atoms with E-state index >= 15 is 0 Å². The molecule has 2 nitrogen and oxygen atoms in total. The average Bonchev–Trinajstić information content (AvgIpc) is 2.66. The maximum absolute atomic E-state index is 13.3. The Morgan fingerprint density at radius 3 is 2.79 bits per heavy atom. The maximum atomic E-state index is 13.3. The fourth-order valence-corrected chi connectivity index (χ4v) is 2.27. The van der Waals surface area contributed by atoms with Gasteiger partial charge in [0.1, 0.15) is 5.82 Å². The van der Waals surface area contributed by atoms with Gasteiger partial charge in [-0.25, -0.2) is 4.39 Å². The molecule has 19 heavy (non-hydrogen) atoms. The Balaban J connectivity index is 2.11. The van der Waals surface area contributed by atoms with Crippen LogP contribution in [0.25, 0.3) is 11.6 Å². The van der Waals surface area contributed by atoms with E-state index in [9.17, 15) is 9.18 Å². The molecule has 0 saturated carbocycles. The summed E-state index contributed by atoms with van der Waals surface area (Å²) < 4.78 is 13.3. The lowest BCUT2D eigenvalue weighted by atomic mass is 10.0. The lowest BCUT2D eigenvalue weighted by Gasteiger charge is -1.99. The zero-order valence-corrected chi connectivity index (χ0v) is 10.5. The van der Waals surface area contributed by atoms with Crippen LogP contribution in [-0.2, 0) is 4.79 Å². The molecule has 2 aromatic rings. The summed E-state index contributed by atoms with van der Waals surface area (Å²) >= 11 is 5.90. The molecule has 0 radical (unpaired) electrons. The molecule has 1 N–H and O–H groups in total. The second kappa shape index (κ2) is 4.52. The SMILES string of the molecule is O=C1Nc2ccc(F)cc2/C1=C/c1cccc(Cl)c1. The van der Waals surface area contributed by atoms with Gasteiger partial charge in [-0.2, -0.15) is 0 Å². The van der Waals surface area contributed by atoms with E-state index in [1.54, 1.807) is 30.3 Å². The van der Waals surface area contributed by atoms with Crippen LogP contribution in [0.1, 0.15) is 11.1 Å². The molecule has 4 heteroatoms. The summed E-state index contributed by atoms with van der Waals surface area (Å²) in [6.45, 7) is 0. The summed E-state index contributed by atoms with van der Waals surface area (Å²) in [6.07, 6.45) is 1.70. The number of amides is 1. The number of carbonyl (C=O) groups excluding carboxylic acids is 1. The zero-order valence-electron chi connectivity index (χ0n) is 9.78. The van der Waals surface area contributed by atoms with E-state index in [1.165, 1.54) is 12.1 Å². The van der Waals surface area contributed by atoms with E-state index in [4.69, 9.17) is 11.6 Å². The van der Waals surface area contributed by atoms with Crippen molar-refractivity contribution in [2.24, 2.45) is 0 Å². The van der Waals surface area contributed by atoms with Crippen LogP contribution in [0.15, 0.2) is 42.5 Å². The fourth-order valence-electron chi connectivity index (χ4n) is 2.07. The molecular formula is C15H9ClFNO. The van der Waals surface area contributed by atoms with Crippen molar-refractivity contribution >= 4 is 34.8 Å². The van der Waals surface area contributed by atoms with Gasteiger partial charge in [0.25, 0.3) is 5.91 Å². The maximum Gasteiger partial charge on any atom is 0.256 e. The third-order valence-electron chi connectivity index (χ3n) is 2.92. The number of halogens is 2. The Morgan fingerprint density at radius 1 is 1.16 bits per heavy atom. The van der Waals surface area contributed by atoms with Crippen molar-refractivity contribution in [1.82, 2.24) is 0 Å². The molecule has 0 fully saturated rings. The summed E-state index contributed by atoms with van der Waals surface area (Å²) in [5.41, 5.74) is 2.44. The second-order valence-electron chi connectivity index (χ2n) is 4.26. The topological polar surface area (TPSA) is 29.1 Å². The quantitative estimate of drug-likeness (QED) is 0.783. The Bertz CT molecular complexity index is 709. The lowest BCUT2D eigenvalue weighted by molar-refractivity contribution is -0.110. The number of anilines is 1. The number of rotatable bonds is 1. The van der Waals surface area contributed by atoms with E-state index in [0.29, 0.717) is 21.8 Å². The Hall–Kier alpha value is -2.13. The van der Waals surface area contributed by atoms with Crippen LogP contribution in [0.2, 0.25) is 5.02 Å². The normalized spacial score (nSPS) is 15.5. The molecule has 0 unspecified atom stereocenters. The number of nitrogens with one attached hydrogen (secondary N) is 1. The summed E-state index contributed by atoms with van der Waals surface area (Å²) in [4.78, 5) is 11.9. The van der Waals surface area contributed by atoms with E-state index in [0.717, 1.165) is 5.56 Å². The van der Waals surface area contributed by atoms with Crippen LogP contribution in [0, 0.1) is 5.82 Å². The predicted octanol–water partition coefficient (Wildman–Crippen LogP) is 3.97. The number of hydrogen-bond acceptors (Lipinski definition) is 1. The van der Waals surface area contributed by atoms with E-state index in [-0.39, 0.29) is 11.7 Å². The molecule has 94 valence electrons. The first-order valence-corrected chi connectivity index (χ1v) is 6.10. The Morgan fingerprint density at radius 2 is 2.00 bits per heavy atom. The standard InChI is InChI=1S/C15H9ClFNO/c16-10-3-1-2-9(6-10)7-13-12-8-11(17)4-5-14(12)18-15(13)19/h1-8H,(H,18,19)/b13-7-. The predicted molar refractivity (Wildman–Crippen MR) is 74.4 cm³/mol. The highest BCUT2D eigenvalue weighted by atomic mass is 35.5. The van der Waals surface area contributed by atoms with Crippen molar-refractivity contribution in [1.29, 1.82) is 0 Å². The van der Waals surface area contributed by atoms with Gasteiger partial charge in [0.15, 0.2) is 0 Å². The molecule has 0 atom stereocenters. The third-order valence-corrected chi connectivity index (χ3v) is 3.16. The minimum absolute atomic E-state index is 0.236. The minimum atomic E-state index is -0.368. The average molecular weight is 274 g/mol. The molecular weight excluding hydrogens is 265 g/mol. The molecule has 1 aliphatic heterocycles. The van der Waals surface area contributed by atoms with Gasteiger partial charge in [0.05, 0.1) is 0 Å². The summed E-state index contributed by atoms with van der Waals surface area (Å²) in [5.74, 6) is -0.604. The van der Waals surface area contributed by atoms with E-state index < -0.39 is 0 Å². The highest BCUT2D eigenvalue weighted by Gasteiger charge is 2.24. The van der Waals surface area contributed by atoms with Gasteiger partial charge in [0, 0.05) is 21.8 Å². The summed E-state index contributed by atoms with van der Waals surface area (Å²) in [6, 6.07) is 11.4. The van der Waals surface area contributed by atoms with E-state index in [1.807, 2.05) is 6.07 Å². The molecule has 2 aromatic carbocycles. The highest BCUT2D eigenvalue weighted by Crippen LogP contribution is 2.33. The van der Waals surface area contributed by atoms with Crippen molar-refractivity contribution in [2.75, 3.05) is 5.32 Å². The molecule has 1 amide bonds. The second-order valence-corrected chi connectivity index (χ2v) is 4.69. The van der Waals surface area contributed by atoms with Crippen molar-refractivity contribution < 1.29 is 9.18 Å². The number of fused-ring (bicyclic) bond motifs is 1. The van der Waals surface area contributed by atoms with Gasteiger partial charge in [-0.3, -0.25) is 4.79 Å². The zero-order chi connectivity index (χ0) is 13.4. The smallest absolute Gasteiger partial charge is 0.256 e. The molecule has 0 saturated heterocycles. The van der Waals surface area contributed by atoms with Gasteiger partial charge >= 0.3 is 0 Å². The van der Waals surface area contributed by atoms with Crippen LogP contribution < -0.4 is 5.32 Å². The van der Waals surface area contributed by atoms with Gasteiger partial charge in [0.2, 0.25) is 0 Å². The van der Waals surface area contributed by atoms with Gasteiger partial charge in [-0.15, -0.1) is 0 Å². The van der Waals surface area contributed by atoms with Crippen molar-refractivity contribution in [3.8, 4) is 0 Å². The van der Waals surface area contributed by atoms with Crippen molar-refractivity contribution in [3.63, 3.8) is 0 Å². The first-order valence-electron chi connectivity index (χ1n) is 5.72. The van der Waals surface area contributed by atoms with Crippen LogP contribution in [0.3, 0.4) is 0 Å².